The average molecular weight is 385 g/mol. The number of ether oxygens (including phenoxy) is 4. The van der Waals surface area contributed by atoms with Gasteiger partial charge in [-0.05, 0) is 29.8 Å². The lowest BCUT2D eigenvalue weighted by molar-refractivity contribution is 0.171. The first-order chi connectivity index (χ1) is 13.2. The molecule has 0 fully saturated rings. The van der Waals surface area contributed by atoms with E-state index in [1.807, 2.05) is 24.3 Å². The van der Waals surface area contributed by atoms with Gasteiger partial charge in [0.15, 0.2) is 28.8 Å². The molecule has 27 heavy (non-hydrogen) atoms. The number of rotatable bonds is 4. The van der Waals surface area contributed by atoms with Crippen LogP contribution in [-0.4, -0.2) is 37.4 Å². The molecule has 1 aromatic heterocycles. The predicted molar refractivity (Wildman–Crippen MR) is 104 cm³/mol. The van der Waals surface area contributed by atoms with Crippen LogP contribution < -0.4 is 18.9 Å². The normalized spacial score (nSPS) is 13.1. The summed E-state index contributed by atoms with van der Waals surface area (Å²) in [6.45, 7) is 1.12. The topological polar surface area (TPSA) is 62.7 Å². The summed E-state index contributed by atoms with van der Waals surface area (Å²) < 4.78 is 21.8. The highest BCUT2D eigenvalue weighted by atomic mass is 35.5. The minimum absolute atomic E-state index is 0.350. The van der Waals surface area contributed by atoms with Gasteiger partial charge in [0, 0.05) is 11.5 Å². The van der Waals surface area contributed by atoms with E-state index >= 15 is 0 Å². The lowest BCUT2D eigenvalue weighted by atomic mass is 10.1. The van der Waals surface area contributed by atoms with Crippen LogP contribution in [0.3, 0.4) is 0 Å². The predicted octanol–water partition coefficient (Wildman–Crippen LogP) is 4.24. The molecule has 2 aromatic carbocycles. The van der Waals surface area contributed by atoms with Crippen molar-refractivity contribution < 1.29 is 18.9 Å². The molecular formula is C20H17ClN2O4. The molecule has 1 aliphatic rings. The van der Waals surface area contributed by atoms with Crippen molar-refractivity contribution in [2.75, 3.05) is 27.4 Å². The molecular weight excluding hydrogens is 368 g/mol. The number of nitrogens with zero attached hydrogens (tertiary/aromatic N) is 2. The fraction of sp³-hybridized carbons (Fsp3) is 0.200. The number of methoxy groups -OCH3 is 2. The third-order valence-corrected chi connectivity index (χ3v) is 4.45. The van der Waals surface area contributed by atoms with Crippen LogP contribution in [0.25, 0.3) is 23.1 Å². The first kappa shape index (κ1) is 17.4. The lowest BCUT2D eigenvalue weighted by Gasteiger charge is -2.18. The van der Waals surface area contributed by atoms with E-state index in [-0.39, 0.29) is 0 Å². The van der Waals surface area contributed by atoms with E-state index < -0.39 is 0 Å². The molecule has 0 unspecified atom stereocenters. The highest BCUT2D eigenvalue weighted by Crippen LogP contribution is 2.34. The Morgan fingerprint density at radius 2 is 1.67 bits per heavy atom. The first-order valence-electron chi connectivity index (χ1n) is 8.35. The van der Waals surface area contributed by atoms with E-state index in [2.05, 4.69) is 9.97 Å². The Bertz CT molecular complexity index is 1040. The van der Waals surface area contributed by atoms with Crippen molar-refractivity contribution in [1.29, 1.82) is 0 Å². The van der Waals surface area contributed by atoms with Crippen molar-refractivity contribution in [3.05, 3.63) is 46.9 Å². The first-order valence-corrected chi connectivity index (χ1v) is 8.73. The summed E-state index contributed by atoms with van der Waals surface area (Å²) >= 11 is 6.35. The fourth-order valence-corrected chi connectivity index (χ4v) is 3.08. The molecule has 0 N–H and O–H groups in total. The molecule has 2 heterocycles. The summed E-state index contributed by atoms with van der Waals surface area (Å²) in [5.74, 6) is 3.15. The van der Waals surface area contributed by atoms with Gasteiger partial charge in [-0.3, -0.25) is 0 Å². The third-order valence-electron chi connectivity index (χ3n) is 4.16. The molecule has 0 amide bonds. The maximum Gasteiger partial charge on any atom is 0.162 e. The van der Waals surface area contributed by atoms with Crippen LogP contribution in [-0.2, 0) is 0 Å². The van der Waals surface area contributed by atoms with Crippen molar-refractivity contribution in [2.45, 2.75) is 0 Å². The lowest BCUT2D eigenvalue weighted by Crippen LogP contribution is -2.15. The fourth-order valence-electron chi connectivity index (χ4n) is 2.84. The summed E-state index contributed by atoms with van der Waals surface area (Å²) in [5, 5.41) is 1.05. The molecule has 7 heteroatoms. The standard InChI is InChI=1S/C20H17ClN2O4/c1-24-16-10-13-14(11-17(16)25-2)22-19(23-20(13)21)6-4-12-3-5-15-18(9-12)27-8-7-26-15/h3-6,9-11H,7-8H2,1-2H3/b6-4+. The monoisotopic (exact) mass is 384 g/mol. The number of benzene rings is 2. The Hall–Kier alpha value is -2.99. The van der Waals surface area contributed by atoms with Crippen LogP contribution in [0.1, 0.15) is 11.4 Å². The van der Waals surface area contributed by atoms with Gasteiger partial charge in [0.1, 0.15) is 18.4 Å². The molecule has 4 rings (SSSR count). The van der Waals surface area contributed by atoms with Crippen LogP contribution >= 0.6 is 11.6 Å². The SMILES string of the molecule is COc1cc2nc(/C=C/c3ccc4c(c3)OCCO4)nc(Cl)c2cc1OC. The molecule has 0 spiro atoms. The van der Waals surface area contributed by atoms with Crippen LogP contribution in [0, 0.1) is 0 Å². The molecule has 0 saturated heterocycles. The number of aromatic nitrogens is 2. The zero-order chi connectivity index (χ0) is 18.8. The molecule has 0 bridgehead atoms. The zero-order valence-corrected chi connectivity index (χ0v) is 15.6. The average Bonchev–Trinajstić information content (AvgIpc) is 2.71. The molecule has 6 nitrogen and oxygen atoms in total. The highest BCUT2D eigenvalue weighted by Gasteiger charge is 2.12. The molecule has 0 aliphatic carbocycles. The van der Waals surface area contributed by atoms with Crippen molar-refractivity contribution in [1.82, 2.24) is 9.97 Å². The summed E-state index contributed by atoms with van der Waals surface area (Å²) in [6, 6.07) is 9.30. The molecule has 0 saturated carbocycles. The maximum atomic E-state index is 6.35. The van der Waals surface area contributed by atoms with E-state index in [1.54, 1.807) is 32.4 Å². The second-order valence-corrected chi connectivity index (χ2v) is 6.19. The summed E-state index contributed by atoms with van der Waals surface area (Å²) in [5.41, 5.74) is 1.63. The van der Waals surface area contributed by atoms with Gasteiger partial charge < -0.3 is 18.9 Å². The quantitative estimate of drug-likeness (QED) is 0.627. The molecule has 1 aliphatic heterocycles. The molecule has 0 radical (unpaired) electrons. The van der Waals surface area contributed by atoms with Gasteiger partial charge >= 0.3 is 0 Å². The second kappa shape index (κ2) is 7.32. The van der Waals surface area contributed by atoms with E-state index in [9.17, 15) is 0 Å². The Balaban J connectivity index is 1.68. The Labute approximate surface area is 161 Å². The minimum atomic E-state index is 0.350. The van der Waals surface area contributed by atoms with E-state index in [1.165, 1.54) is 0 Å². The van der Waals surface area contributed by atoms with Gasteiger partial charge in [-0.15, -0.1) is 0 Å². The zero-order valence-electron chi connectivity index (χ0n) is 14.9. The van der Waals surface area contributed by atoms with Crippen LogP contribution in [0.15, 0.2) is 30.3 Å². The number of hydrogen-bond donors (Lipinski definition) is 0. The van der Waals surface area contributed by atoms with Gasteiger partial charge in [0.05, 0.1) is 19.7 Å². The molecule has 138 valence electrons. The van der Waals surface area contributed by atoms with Crippen LogP contribution in [0.4, 0.5) is 0 Å². The summed E-state index contributed by atoms with van der Waals surface area (Å²) in [7, 11) is 3.15. The third kappa shape index (κ3) is 3.48. The molecule has 0 atom stereocenters. The summed E-state index contributed by atoms with van der Waals surface area (Å²) in [4.78, 5) is 8.90. The smallest absolute Gasteiger partial charge is 0.162 e. The van der Waals surface area contributed by atoms with Crippen molar-refractivity contribution >= 4 is 34.7 Å². The van der Waals surface area contributed by atoms with Gasteiger partial charge in [-0.25, -0.2) is 9.97 Å². The summed E-state index contributed by atoms with van der Waals surface area (Å²) in [6.07, 6.45) is 3.70. The maximum absolute atomic E-state index is 6.35. The van der Waals surface area contributed by atoms with E-state index in [0.29, 0.717) is 46.6 Å². The number of halogens is 1. The number of hydrogen-bond acceptors (Lipinski definition) is 6. The second-order valence-electron chi connectivity index (χ2n) is 5.83. The van der Waals surface area contributed by atoms with Crippen molar-refractivity contribution in [3.63, 3.8) is 0 Å². The van der Waals surface area contributed by atoms with Gasteiger partial charge in [0.25, 0.3) is 0 Å². The van der Waals surface area contributed by atoms with Crippen LogP contribution in [0.5, 0.6) is 23.0 Å². The minimum Gasteiger partial charge on any atom is -0.493 e. The largest absolute Gasteiger partial charge is 0.493 e. The van der Waals surface area contributed by atoms with Crippen molar-refractivity contribution in [2.24, 2.45) is 0 Å². The highest BCUT2D eigenvalue weighted by molar-refractivity contribution is 6.34. The van der Waals surface area contributed by atoms with Crippen molar-refractivity contribution in [3.8, 4) is 23.0 Å². The number of fused-ring (bicyclic) bond motifs is 2. The molecule has 3 aromatic rings. The van der Waals surface area contributed by atoms with Crippen LogP contribution in [0.2, 0.25) is 5.15 Å². The van der Waals surface area contributed by atoms with Gasteiger partial charge in [-0.1, -0.05) is 23.7 Å². The van der Waals surface area contributed by atoms with Gasteiger partial charge in [-0.2, -0.15) is 0 Å². The van der Waals surface area contributed by atoms with E-state index in [0.717, 1.165) is 17.1 Å². The Kier molecular flexibility index (Phi) is 4.73. The Morgan fingerprint density at radius 3 is 2.44 bits per heavy atom. The van der Waals surface area contributed by atoms with Gasteiger partial charge in [0.2, 0.25) is 0 Å². The Morgan fingerprint density at radius 1 is 0.926 bits per heavy atom. The van der Waals surface area contributed by atoms with E-state index in [4.69, 9.17) is 30.5 Å².